The monoisotopic (exact) mass is 332 g/mol. The molecule has 0 saturated carbocycles. The van der Waals surface area contributed by atoms with Gasteiger partial charge in [-0.15, -0.1) is 10.2 Å². The van der Waals surface area contributed by atoms with E-state index >= 15 is 0 Å². The van der Waals surface area contributed by atoms with Crippen molar-refractivity contribution < 1.29 is 9.32 Å². The van der Waals surface area contributed by atoms with Gasteiger partial charge < -0.3 is 19.7 Å². The molecule has 0 radical (unpaired) electrons. The largest absolute Gasteiger partial charge is 0.360 e. The Hall–Kier alpha value is -2.22. The van der Waals surface area contributed by atoms with Crippen LogP contribution in [0.5, 0.6) is 0 Å². The molecular formula is C16H24N6O2. The summed E-state index contributed by atoms with van der Waals surface area (Å²) in [6.07, 6.45) is 1.81. The molecule has 2 aromatic heterocycles. The van der Waals surface area contributed by atoms with Crippen molar-refractivity contribution in [3.05, 3.63) is 23.5 Å². The van der Waals surface area contributed by atoms with Gasteiger partial charge in [0, 0.05) is 31.0 Å². The number of rotatable bonds is 5. The Morgan fingerprint density at radius 2 is 2.17 bits per heavy atom. The van der Waals surface area contributed by atoms with Crippen molar-refractivity contribution in [1.29, 1.82) is 0 Å². The zero-order chi connectivity index (χ0) is 17.3. The lowest BCUT2D eigenvalue weighted by molar-refractivity contribution is -0.118. The highest BCUT2D eigenvalue weighted by atomic mass is 16.5. The van der Waals surface area contributed by atoms with E-state index in [1.54, 1.807) is 13.0 Å². The smallest absolute Gasteiger partial charge is 0.242 e. The molecule has 3 heterocycles. The molecule has 0 aromatic carbocycles. The lowest BCUT2D eigenvalue weighted by atomic mass is 10.0. The first kappa shape index (κ1) is 16.6. The summed E-state index contributed by atoms with van der Waals surface area (Å²) in [5, 5.41) is 18.5. The van der Waals surface area contributed by atoms with Crippen LogP contribution in [0.3, 0.4) is 0 Å². The Bertz CT molecular complexity index is 720. The molecule has 0 fully saturated rings. The number of nitrogens with one attached hydrogen (secondary N) is 2. The van der Waals surface area contributed by atoms with Crippen LogP contribution in [0.15, 0.2) is 10.6 Å². The fraction of sp³-hybridized carbons (Fsp3) is 0.625. The Morgan fingerprint density at radius 1 is 1.38 bits per heavy atom. The van der Waals surface area contributed by atoms with Crippen LogP contribution in [0.25, 0.3) is 0 Å². The fourth-order valence-electron chi connectivity index (χ4n) is 3.00. The lowest BCUT2D eigenvalue weighted by Gasteiger charge is -2.28. The number of anilines is 1. The number of carbonyl (C=O) groups excluding carboxylic acids is 1. The van der Waals surface area contributed by atoms with Gasteiger partial charge in [-0.3, -0.25) is 4.79 Å². The van der Waals surface area contributed by atoms with E-state index in [0.717, 1.165) is 31.0 Å². The van der Waals surface area contributed by atoms with E-state index in [0.29, 0.717) is 17.5 Å². The van der Waals surface area contributed by atoms with Gasteiger partial charge in [0.05, 0.1) is 6.04 Å². The minimum atomic E-state index is -0.326. The van der Waals surface area contributed by atoms with Crippen molar-refractivity contribution in [3.63, 3.8) is 0 Å². The highest BCUT2D eigenvalue weighted by molar-refractivity contribution is 5.93. The van der Waals surface area contributed by atoms with Gasteiger partial charge in [-0.2, -0.15) is 0 Å². The van der Waals surface area contributed by atoms with Gasteiger partial charge in [0.1, 0.15) is 17.4 Å². The molecule has 24 heavy (non-hydrogen) atoms. The van der Waals surface area contributed by atoms with E-state index in [4.69, 9.17) is 4.52 Å². The van der Waals surface area contributed by atoms with Gasteiger partial charge in [0.15, 0.2) is 5.82 Å². The second-order valence-electron chi connectivity index (χ2n) is 6.68. The maximum absolute atomic E-state index is 12.3. The van der Waals surface area contributed by atoms with Crippen molar-refractivity contribution >= 4 is 11.7 Å². The Kier molecular flexibility index (Phi) is 4.66. The van der Waals surface area contributed by atoms with Gasteiger partial charge in [0.2, 0.25) is 5.91 Å². The average molecular weight is 332 g/mol. The molecule has 0 saturated heterocycles. The molecule has 1 aliphatic heterocycles. The maximum atomic E-state index is 12.3. The summed E-state index contributed by atoms with van der Waals surface area (Å²) in [5.74, 6) is 3.36. The average Bonchev–Trinajstić information content (AvgIpc) is 3.12. The summed E-state index contributed by atoms with van der Waals surface area (Å²) in [6, 6.07) is 1.59. The molecule has 3 rings (SSSR count). The molecule has 130 valence electrons. The highest BCUT2D eigenvalue weighted by Gasteiger charge is 2.26. The number of fused-ring (bicyclic) bond motifs is 1. The van der Waals surface area contributed by atoms with E-state index in [1.807, 2.05) is 6.92 Å². The predicted octanol–water partition coefficient (Wildman–Crippen LogP) is 1.63. The van der Waals surface area contributed by atoms with E-state index in [1.165, 1.54) is 0 Å². The number of aromatic nitrogens is 4. The van der Waals surface area contributed by atoms with E-state index < -0.39 is 0 Å². The minimum Gasteiger partial charge on any atom is -0.360 e. The van der Waals surface area contributed by atoms with Crippen LogP contribution in [-0.2, 0) is 17.8 Å². The molecular weight excluding hydrogens is 308 g/mol. The lowest BCUT2D eigenvalue weighted by Crippen LogP contribution is -2.47. The SMILES string of the molecule is Cc1cc(NC(=O)C(C)NC2CCc3nnc(C(C)C)n3C2)no1. The molecule has 1 aliphatic rings. The molecule has 8 heteroatoms. The maximum Gasteiger partial charge on any atom is 0.242 e. The summed E-state index contributed by atoms with van der Waals surface area (Å²) >= 11 is 0. The summed E-state index contributed by atoms with van der Waals surface area (Å²) in [5.41, 5.74) is 0. The number of aryl methyl sites for hydroxylation is 2. The van der Waals surface area contributed by atoms with Crippen molar-refractivity contribution in [2.45, 2.75) is 65.1 Å². The minimum absolute atomic E-state index is 0.123. The van der Waals surface area contributed by atoms with Crippen LogP contribution < -0.4 is 10.6 Å². The van der Waals surface area contributed by atoms with E-state index in [-0.39, 0.29) is 18.0 Å². The third-order valence-electron chi connectivity index (χ3n) is 4.25. The van der Waals surface area contributed by atoms with Crippen molar-refractivity contribution in [2.24, 2.45) is 0 Å². The highest BCUT2D eigenvalue weighted by Crippen LogP contribution is 2.20. The molecule has 0 spiro atoms. The van der Waals surface area contributed by atoms with Gasteiger partial charge in [-0.05, 0) is 20.3 Å². The summed E-state index contributed by atoms with van der Waals surface area (Å²) in [4.78, 5) is 12.3. The summed E-state index contributed by atoms with van der Waals surface area (Å²) < 4.78 is 7.14. The summed E-state index contributed by atoms with van der Waals surface area (Å²) in [7, 11) is 0. The van der Waals surface area contributed by atoms with Crippen LogP contribution in [0.4, 0.5) is 5.82 Å². The van der Waals surface area contributed by atoms with Crippen LogP contribution in [0.1, 0.15) is 50.5 Å². The fourth-order valence-corrected chi connectivity index (χ4v) is 3.00. The van der Waals surface area contributed by atoms with Crippen molar-refractivity contribution in [2.75, 3.05) is 5.32 Å². The van der Waals surface area contributed by atoms with Crippen LogP contribution in [0, 0.1) is 6.92 Å². The molecule has 2 unspecified atom stereocenters. The first-order valence-electron chi connectivity index (χ1n) is 8.36. The molecule has 2 atom stereocenters. The second kappa shape index (κ2) is 6.72. The van der Waals surface area contributed by atoms with Gasteiger partial charge in [-0.25, -0.2) is 0 Å². The molecule has 1 amide bonds. The molecule has 2 N–H and O–H groups in total. The van der Waals surface area contributed by atoms with Crippen LogP contribution in [0.2, 0.25) is 0 Å². The van der Waals surface area contributed by atoms with Gasteiger partial charge in [0.25, 0.3) is 0 Å². The van der Waals surface area contributed by atoms with Gasteiger partial charge in [-0.1, -0.05) is 19.0 Å². The second-order valence-corrected chi connectivity index (χ2v) is 6.68. The summed E-state index contributed by atoms with van der Waals surface area (Å²) in [6.45, 7) is 8.66. The number of amides is 1. The quantitative estimate of drug-likeness (QED) is 0.863. The van der Waals surface area contributed by atoms with Crippen LogP contribution >= 0.6 is 0 Å². The number of hydrogen-bond donors (Lipinski definition) is 2. The Morgan fingerprint density at radius 3 is 2.83 bits per heavy atom. The number of hydrogen-bond acceptors (Lipinski definition) is 6. The van der Waals surface area contributed by atoms with E-state index in [2.05, 4.69) is 44.4 Å². The topological polar surface area (TPSA) is 97.9 Å². The number of nitrogens with zero attached hydrogens (tertiary/aromatic N) is 4. The van der Waals surface area contributed by atoms with Crippen molar-refractivity contribution in [3.8, 4) is 0 Å². The zero-order valence-electron chi connectivity index (χ0n) is 14.5. The first-order chi connectivity index (χ1) is 11.4. The standard InChI is InChI=1S/C16H24N6O2/c1-9(2)15-20-19-14-6-5-12(8-22(14)15)17-11(4)16(23)18-13-7-10(3)24-21-13/h7,9,11-12,17H,5-6,8H2,1-4H3,(H,18,21,23). The molecule has 2 aromatic rings. The predicted molar refractivity (Wildman–Crippen MR) is 88.7 cm³/mol. The van der Waals surface area contributed by atoms with Crippen molar-refractivity contribution in [1.82, 2.24) is 25.2 Å². The molecule has 8 nitrogen and oxygen atoms in total. The Labute approximate surface area is 141 Å². The third kappa shape index (κ3) is 3.48. The normalized spacial score (nSPS) is 18.5. The first-order valence-corrected chi connectivity index (χ1v) is 8.36. The number of carbonyl (C=O) groups is 1. The molecule has 0 bridgehead atoms. The van der Waals surface area contributed by atoms with E-state index in [9.17, 15) is 4.79 Å². The zero-order valence-corrected chi connectivity index (χ0v) is 14.5. The molecule has 0 aliphatic carbocycles. The van der Waals surface area contributed by atoms with Crippen LogP contribution in [-0.4, -0.2) is 37.9 Å². The third-order valence-corrected chi connectivity index (χ3v) is 4.25. The van der Waals surface area contributed by atoms with Gasteiger partial charge >= 0.3 is 0 Å². The Balaban J connectivity index is 1.59.